The standard InChI is InChI=1S/C41H64O3Si2/c1-31(2)37(30-43-45(11,12)38(4,5)6)36-28-40(10)25-24-33(36)27-41(40,42)26-23-32(3)29-44-46(39(7,8)9,34-19-15-13-16-20-34)35-21-17-14-18-22-35/h13-26,31-33,36-37,42H,27-30H2,1-12H3/b26-23+/t32-,33+,36+,37+,40+,41-/m0/s1. The van der Waals surface area contributed by atoms with Crippen LogP contribution in [0.5, 0.6) is 0 Å². The molecule has 1 saturated carbocycles. The molecule has 3 aliphatic rings. The molecule has 3 aliphatic carbocycles. The Labute approximate surface area is 284 Å². The second-order valence-electron chi connectivity index (χ2n) is 17.7. The maximum absolute atomic E-state index is 12.3. The van der Waals surface area contributed by atoms with Crippen LogP contribution in [-0.2, 0) is 8.85 Å². The third-order valence-electron chi connectivity index (χ3n) is 12.0. The lowest BCUT2D eigenvalue weighted by Crippen LogP contribution is -2.66. The number of rotatable bonds is 12. The highest BCUT2D eigenvalue weighted by Gasteiger charge is 2.56. The first-order chi connectivity index (χ1) is 21.3. The minimum absolute atomic E-state index is 0.0611. The summed E-state index contributed by atoms with van der Waals surface area (Å²) in [4.78, 5) is 0. The van der Waals surface area contributed by atoms with E-state index in [2.05, 4.69) is 167 Å². The summed E-state index contributed by atoms with van der Waals surface area (Å²) in [5.74, 6) is 2.06. The van der Waals surface area contributed by atoms with Crippen molar-refractivity contribution < 1.29 is 14.0 Å². The molecule has 2 bridgehead atoms. The van der Waals surface area contributed by atoms with E-state index in [0.717, 1.165) is 19.4 Å². The molecule has 2 aromatic carbocycles. The van der Waals surface area contributed by atoms with Gasteiger partial charge in [-0.3, -0.25) is 0 Å². The average Bonchev–Trinajstić information content (AvgIpc) is 2.97. The van der Waals surface area contributed by atoms with Crippen molar-refractivity contribution in [2.24, 2.45) is 35.0 Å². The Hall–Kier alpha value is -1.77. The summed E-state index contributed by atoms with van der Waals surface area (Å²) in [6, 6.07) is 21.7. The highest BCUT2D eigenvalue weighted by atomic mass is 28.4. The summed E-state index contributed by atoms with van der Waals surface area (Å²) in [6.45, 7) is 29.3. The fraction of sp³-hybridized carbons (Fsp3) is 0.610. The Morgan fingerprint density at radius 3 is 1.83 bits per heavy atom. The fourth-order valence-corrected chi connectivity index (χ4v) is 13.5. The predicted molar refractivity (Wildman–Crippen MR) is 202 cm³/mol. The first-order valence-corrected chi connectivity index (χ1v) is 22.6. The largest absolute Gasteiger partial charge is 0.417 e. The van der Waals surface area contributed by atoms with Crippen molar-refractivity contribution in [3.8, 4) is 0 Å². The smallest absolute Gasteiger partial charge is 0.261 e. The van der Waals surface area contributed by atoms with E-state index < -0.39 is 22.2 Å². The van der Waals surface area contributed by atoms with Crippen LogP contribution in [0.1, 0.15) is 82.1 Å². The van der Waals surface area contributed by atoms with Gasteiger partial charge in [-0.2, -0.15) is 0 Å². The molecule has 0 heterocycles. The van der Waals surface area contributed by atoms with E-state index in [1.54, 1.807) is 0 Å². The molecule has 3 nitrogen and oxygen atoms in total. The van der Waals surface area contributed by atoms with Gasteiger partial charge in [-0.05, 0) is 76.0 Å². The van der Waals surface area contributed by atoms with Crippen molar-refractivity contribution in [2.75, 3.05) is 13.2 Å². The number of benzene rings is 2. The molecule has 0 amide bonds. The van der Waals surface area contributed by atoms with Crippen LogP contribution in [-0.4, -0.2) is 40.6 Å². The average molecular weight is 661 g/mol. The molecule has 0 saturated heterocycles. The van der Waals surface area contributed by atoms with Gasteiger partial charge < -0.3 is 14.0 Å². The van der Waals surface area contributed by atoms with E-state index in [4.69, 9.17) is 8.85 Å². The normalized spacial score (nSPS) is 27.0. The van der Waals surface area contributed by atoms with Crippen LogP contribution in [0, 0.1) is 35.0 Å². The SMILES string of the molecule is CC(C)[C@@H](CO[Si](C)(C)C(C)(C)C)[C@@H]1C[C@@]2(C)C=C[C@@H]1C[C@@]2(O)/C=C/[C@H](C)CO[Si](c1ccccc1)(c1ccccc1)C(C)(C)C. The molecule has 5 rings (SSSR count). The third kappa shape index (κ3) is 7.29. The van der Waals surface area contributed by atoms with E-state index in [1.165, 1.54) is 10.4 Å². The van der Waals surface area contributed by atoms with E-state index in [0.29, 0.717) is 30.3 Å². The van der Waals surface area contributed by atoms with Crippen molar-refractivity contribution in [3.63, 3.8) is 0 Å². The quantitative estimate of drug-likeness (QED) is 0.182. The molecule has 254 valence electrons. The Bertz CT molecular complexity index is 1300. The molecule has 0 aromatic heterocycles. The Balaban J connectivity index is 1.52. The summed E-state index contributed by atoms with van der Waals surface area (Å²) in [5, 5.41) is 15.0. The van der Waals surface area contributed by atoms with Crippen LogP contribution >= 0.6 is 0 Å². The second kappa shape index (κ2) is 13.6. The molecule has 1 N–H and O–H groups in total. The Kier molecular flexibility index (Phi) is 11.0. The predicted octanol–water partition coefficient (Wildman–Crippen LogP) is 9.38. The molecular formula is C41H64O3Si2. The van der Waals surface area contributed by atoms with Gasteiger partial charge in [0.15, 0.2) is 8.32 Å². The molecule has 0 radical (unpaired) electrons. The van der Waals surface area contributed by atoms with Gasteiger partial charge >= 0.3 is 0 Å². The van der Waals surface area contributed by atoms with Crippen LogP contribution in [0.15, 0.2) is 85.0 Å². The zero-order valence-electron chi connectivity index (χ0n) is 31.1. The van der Waals surface area contributed by atoms with Crippen LogP contribution in [0.4, 0.5) is 0 Å². The first kappa shape index (κ1) is 37.1. The molecule has 6 atom stereocenters. The van der Waals surface area contributed by atoms with Crippen LogP contribution in [0.2, 0.25) is 23.2 Å². The zero-order valence-corrected chi connectivity index (χ0v) is 33.1. The molecule has 46 heavy (non-hydrogen) atoms. The lowest BCUT2D eigenvalue weighted by molar-refractivity contribution is -0.0995. The van der Waals surface area contributed by atoms with Gasteiger partial charge in [0, 0.05) is 18.6 Å². The van der Waals surface area contributed by atoms with Crippen molar-refractivity contribution in [1.82, 2.24) is 0 Å². The number of aliphatic hydroxyl groups is 1. The van der Waals surface area contributed by atoms with Crippen LogP contribution < -0.4 is 10.4 Å². The van der Waals surface area contributed by atoms with E-state index in [9.17, 15) is 5.11 Å². The van der Waals surface area contributed by atoms with Gasteiger partial charge in [-0.15, -0.1) is 0 Å². The summed E-state index contributed by atoms with van der Waals surface area (Å²) in [7, 11) is -4.45. The van der Waals surface area contributed by atoms with Gasteiger partial charge in [0.05, 0.1) is 5.60 Å². The Morgan fingerprint density at radius 1 is 0.826 bits per heavy atom. The zero-order chi connectivity index (χ0) is 34.2. The summed E-state index contributed by atoms with van der Waals surface area (Å²) in [6.07, 6.45) is 10.9. The molecule has 2 aromatic rings. The minimum atomic E-state index is -2.61. The second-order valence-corrected chi connectivity index (χ2v) is 26.8. The van der Waals surface area contributed by atoms with E-state index >= 15 is 0 Å². The molecule has 0 aliphatic heterocycles. The van der Waals surface area contributed by atoms with Crippen molar-refractivity contribution >= 4 is 27.0 Å². The van der Waals surface area contributed by atoms with Gasteiger partial charge in [0.1, 0.15) is 0 Å². The van der Waals surface area contributed by atoms with Crippen LogP contribution in [0.3, 0.4) is 0 Å². The maximum Gasteiger partial charge on any atom is 0.261 e. The lowest BCUT2D eigenvalue weighted by Gasteiger charge is -2.57. The Morgan fingerprint density at radius 2 is 1.37 bits per heavy atom. The summed E-state index contributed by atoms with van der Waals surface area (Å²) in [5.41, 5.74) is -1.16. The summed E-state index contributed by atoms with van der Waals surface area (Å²) >= 11 is 0. The number of hydrogen-bond donors (Lipinski definition) is 1. The van der Waals surface area contributed by atoms with E-state index in [1.807, 2.05) is 0 Å². The highest BCUT2D eigenvalue weighted by molar-refractivity contribution is 6.99. The monoisotopic (exact) mass is 660 g/mol. The van der Waals surface area contributed by atoms with Gasteiger partial charge in [0.2, 0.25) is 0 Å². The van der Waals surface area contributed by atoms with Gasteiger partial charge in [-0.1, -0.05) is 154 Å². The van der Waals surface area contributed by atoms with Gasteiger partial charge in [0.25, 0.3) is 8.32 Å². The molecule has 0 unspecified atom stereocenters. The maximum atomic E-state index is 12.3. The molecule has 1 fully saturated rings. The van der Waals surface area contributed by atoms with Gasteiger partial charge in [-0.25, -0.2) is 0 Å². The molecular weight excluding hydrogens is 597 g/mol. The number of allylic oxidation sites excluding steroid dienone is 1. The molecule has 0 spiro atoms. The number of fused-ring (bicyclic) bond motifs is 2. The lowest BCUT2D eigenvalue weighted by atomic mass is 9.51. The summed E-state index contributed by atoms with van der Waals surface area (Å²) < 4.78 is 14.0. The fourth-order valence-electron chi connectivity index (χ4n) is 7.78. The molecule has 5 heteroatoms. The minimum Gasteiger partial charge on any atom is -0.417 e. The highest BCUT2D eigenvalue weighted by Crippen LogP contribution is 2.57. The number of hydrogen-bond acceptors (Lipinski definition) is 3. The van der Waals surface area contributed by atoms with Crippen molar-refractivity contribution in [1.29, 1.82) is 0 Å². The topological polar surface area (TPSA) is 38.7 Å². The third-order valence-corrected chi connectivity index (χ3v) is 21.5. The first-order valence-electron chi connectivity index (χ1n) is 17.8. The van der Waals surface area contributed by atoms with Crippen molar-refractivity contribution in [3.05, 3.63) is 85.0 Å². The van der Waals surface area contributed by atoms with E-state index in [-0.39, 0.29) is 21.4 Å². The van der Waals surface area contributed by atoms with Crippen LogP contribution in [0.25, 0.3) is 0 Å². The van der Waals surface area contributed by atoms with Crippen molar-refractivity contribution in [2.45, 2.75) is 111 Å².